The lowest BCUT2D eigenvalue weighted by atomic mass is 10.00. The van der Waals surface area contributed by atoms with Gasteiger partial charge in [0, 0.05) is 29.7 Å². The number of benzene rings is 2. The van der Waals surface area contributed by atoms with Crippen molar-refractivity contribution in [1.82, 2.24) is 9.88 Å². The first kappa shape index (κ1) is 22.1. The molecule has 1 spiro atoms. The Kier molecular flexibility index (Phi) is 6.02. The molecule has 174 valence electrons. The molecule has 7 nitrogen and oxygen atoms in total. The van der Waals surface area contributed by atoms with Crippen molar-refractivity contribution in [3.8, 4) is 0 Å². The van der Waals surface area contributed by atoms with Gasteiger partial charge in [-0.1, -0.05) is 30.3 Å². The average molecular weight is 457 g/mol. The maximum Gasteiger partial charge on any atom is 0.254 e. The predicted octanol–water partition coefficient (Wildman–Crippen LogP) is 3.65. The SMILES string of the molecule is Cc1ccc(C(=O)N2CCC3(C2)CN(c2ccccc2)C(=O)CO3)cc1NCc1ccccn1. The smallest absolute Gasteiger partial charge is 0.254 e. The molecule has 3 aromatic rings. The molecule has 2 saturated heterocycles. The number of rotatable bonds is 5. The summed E-state index contributed by atoms with van der Waals surface area (Å²) < 4.78 is 6.03. The second-order valence-electron chi connectivity index (χ2n) is 8.97. The zero-order valence-corrected chi connectivity index (χ0v) is 19.2. The summed E-state index contributed by atoms with van der Waals surface area (Å²) in [5, 5.41) is 3.40. The second kappa shape index (κ2) is 9.27. The van der Waals surface area contributed by atoms with E-state index >= 15 is 0 Å². The maximum atomic E-state index is 13.4. The molecule has 2 aromatic carbocycles. The van der Waals surface area contributed by atoms with Gasteiger partial charge in [0.25, 0.3) is 11.8 Å². The topological polar surface area (TPSA) is 74.8 Å². The summed E-state index contributed by atoms with van der Waals surface area (Å²) in [5.74, 6) is -0.0757. The highest BCUT2D eigenvalue weighted by atomic mass is 16.5. The summed E-state index contributed by atoms with van der Waals surface area (Å²) in [5.41, 5.74) is 3.88. The number of likely N-dealkylation sites (tertiary alicyclic amines) is 1. The highest BCUT2D eigenvalue weighted by Crippen LogP contribution is 2.33. The minimum atomic E-state index is -0.538. The predicted molar refractivity (Wildman–Crippen MR) is 131 cm³/mol. The molecule has 0 radical (unpaired) electrons. The van der Waals surface area contributed by atoms with Crippen LogP contribution in [0.4, 0.5) is 11.4 Å². The quantitative estimate of drug-likeness (QED) is 0.634. The van der Waals surface area contributed by atoms with E-state index in [4.69, 9.17) is 4.74 Å². The van der Waals surface area contributed by atoms with Crippen LogP contribution in [0, 0.1) is 6.92 Å². The van der Waals surface area contributed by atoms with Gasteiger partial charge in [0.1, 0.15) is 12.2 Å². The number of anilines is 2. The van der Waals surface area contributed by atoms with E-state index in [1.165, 1.54) is 0 Å². The van der Waals surface area contributed by atoms with E-state index in [1.807, 2.05) is 78.6 Å². The van der Waals surface area contributed by atoms with Crippen molar-refractivity contribution in [2.24, 2.45) is 0 Å². The van der Waals surface area contributed by atoms with Gasteiger partial charge in [-0.15, -0.1) is 0 Å². The van der Waals surface area contributed by atoms with Crippen LogP contribution in [0.15, 0.2) is 72.9 Å². The van der Waals surface area contributed by atoms with Crippen molar-refractivity contribution in [3.63, 3.8) is 0 Å². The van der Waals surface area contributed by atoms with Crippen molar-refractivity contribution >= 4 is 23.2 Å². The summed E-state index contributed by atoms with van der Waals surface area (Å²) in [6.07, 6.45) is 2.47. The number of para-hydroxylation sites is 1. The van der Waals surface area contributed by atoms with Gasteiger partial charge < -0.3 is 19.9 Å². The number of aryl methyl sites for hydroxylation is 1. The van der Waals surface area contributed by atoms with E-state index < -0.39 is 5.60 Å². The molecule has 7 heteroatoms. The molecule has 2 fully saturated rings. The fourth-order valence-electron chi connectivity index (χ4n) is 4.64. The number of nitrogens with zero attached hydrogens (tertiary/aromatic N) is 3. The van der Waals surface area contributed by atoms with Crippen LogP contribution < -0.4 is 10.2 Å². The van der Waals surface area contributed by atoms with Gasteiger partial charge in [0.2, 0.25) is 0 Å². The normalized spacial score (nSPS) is 20.1. The Morgan fingerprint density at radius 2 is 1.91 bits per heavy atom. The molecule has 1 N–H and O–H groups in total. The molecule has 34 heavy (non-hydrogen) atoms. The number of morpholine rings is 1. The Hall–Kier alpha value is -3.71. The number of carbonyl (C=O) groups is 2. The Morgan fingerprint density at radius 1 is 1.09 bits per heavy atom. The van der Waals surface area contributed by atoms with Gasteiger partial charge in [-0.3, -0.25) is 14.6 Å². The summed E-state index contributed by atoms with van der Waals surface area (Å²) >= 11 is 0. The van der Waals surface area contributed by atoms with Crippen molar-refractivity contribution < 1.29 is 14.3 Å². The van der Waals surface area contributed by atoms with Crippen LogP contribution in [0.2, 0.25) is 0 Å². The molecule has 3 heterocycles. The van der Waals surface area contributed by atoms with Crippen LogP contribution in [-0.2, 0) is 16.1 Å². The second-order valence-corrected chi connectivity index (χ2v) is 8.97. The van der Waals surface area contributed by atoms with Crippen LogP contribution in [0.25, 0.3) is 0 Å². The van der Waals surface area contributed by atoms with E-state index in [9.17, 15) is 9.59 Å². The Balaban J connectivity index is 1.28. The van der Waals surface area contributed by atoms with Crippen molar-refractivity contribution in [2.75, 3.05) is 36.5 Å². The third-order valence-corrected chi connectivity index (χ3v) is 6.59. The molecular formula is C27H28N4O3. The molecule has 0 aliphatic carbocycles. The summed E-state index contributed by atoms with van der Waals surface area (Å²) in [6.45, 7) is 4.15. The standard InChI is InChI=1S/C27H28N4O3/c1-20-10-11-21(15-24(20)29-16-22-7-5-6-13-28-22)26(33)30-14-12-27(18-30)19-31(25(32)17-34-27)23-8-3-2-4-9-23/h2-11,13,15,29H,12,14,16-19H2,1H3. The highest BCUT2D eigenvalue weighted by molar-refractivity contribution is 5.96. The lowest BCUT2D eigenvalue weighted by molar-refractivity contribution is -0.137. The van der Waals surface area contributed by atoms with E-state index in [0.717, 1.165) is 22.6 Å². The van der Waals surface area contributed by atoms with Gasteiger partial charge in [-0.05, 0) is 55.3 Å². The minimum Gasteiger partial charge on any atom is -0.379 e. The third kappa shape index (κ3) is 4.52. The average Bonchev–Trinajstić information content (AvgIpc) is 3.29. The van der Waals surface area contributed by atoms with E-state index in [1.54, 1.807) is 11.1 Å². The fraction of sp³-hybridized carbons (Fsp3) is 0.296. The molecule has 2 amide bonds. The number of hydrogen-bond donors (Lipinski definition) is 1. The molecule has 0 bridgehead atoms. The summed E-state index contributed by atoms with van der Waals surface area (Å²) in [4.78, 5) is 33.9. The van der Waals surface area contributed by atoms with Gasteiger partial charge in [0.15, 0.2) is 0 Å². The van der Waals surface area contributed by atoms with E-state index in [-0.39, 0.29) is 18.4 Å². The van der Waals surface area contributed by atoms with Crippen LogP contribution in [0.3, 0.4) is 0 Å². The lowest BCUT2D eigenvalue weighted by Gasteiger charge is -2.40. The van der Waals surface area contributed by atoms with Crippen molar-refractivity contribution in [2.45, 2.75) is 25.5 Å². The Morgan fingerprint density at radius 3 is 2.71 bits per heavy atom. The number of aromatic nitrogens is 1. The molecule has 1 atom stereocenters. The first-order chi connectivity index (χ1) is 16.5. The number of carbonyl (C=O) groups excluding carboxylic acids is 2. The van der Waals surface area contributed by atoms with Crippen molar-refractivity contribution in [1.29, 1.82) is 0 Å². The Bertz CT molecular complexity index is 1180. The highest BCUT2D eigenvalue weighted by Gasteiger charge is 2.46. The van der Waals surface area contributed by atoms with Crippen LogP contribution in [0.1, 0.15) is 28.0 Å². The third-order valence-electron chi connectivity index (χ3n) is 6.59. The first-order valence-electron chi connectivity index (χ1n) is 11.6. The Labute approximate surface area is 199 Å². The molecule has 5 rings (SSSR count). The van der Waals surface area contributed by atoms with E-state index in [0.29, 0.717) is 38.2 Å². The maximum absolute atomic E-state index is 13.4. The van der Waals surface area contributed by atoms with Crippen LogP contribution >= 0.6 is 0 Å². The molecular weight excluding hydrogens is 428 g/mol. The van der Waals surface area contributed by atoms with Crippen LogP contribution in [-0.4, -0.2) is 53.5 Å². The largest absolute Gasteiger partial charge is 0.379 e. The number of hydrogen-bond acceptors (Lipinski definition) is 5. The zero-order valence-electron chi connectivity index (χ0n) is 19.2. The van der Waals surface area contributed by atoms with Gasteiger partial charge in [-0.2, -0.15) is 0 Å². The molecule has 0 saturated carbocycles. The number of amides is 2. The first-order valence-corrected chi connectivity index (χ1v) is 11.6. The number of pyridine rings is 1. The van der Waals surface area contributed by atoms with Crippen molar-refractivity contribution in [3.05, 3.63) is 89.7 Å². The molecule has 2 aliphatic heterocycles. The molecule has 2 aliphatic rings. The fourth-order valence-corrected chi connectivity index (χ4v) is 4.64. The summed E-state index contributed by atoms with van der Waals surface area (Å²) in [7, 11) is 0. The summed E-state index contributed by atoms with van der Waals surface area (Å²) in [6, 6.07) is 21.2. The lowest BCUT2D eigenvalue weighted by Crippen LogP contribution is -2.56. The zero-order chi connectivity index (χ0) is 23.5. The molecule has 1 aromatic heterocycles. The minimum absolute atomic E-state index is 0.0236. The van der Waals surface area contributed by atoms with E-state index in [2.05, 4.69) is 10.3 Å². The number of nitrogens with one attached hydrogen (secondary N) is 1. The van der Waals surface area contributed by atoms with Gasteiger partial charge >= 0.3 is 0 Å². The van der Waals surface area contributed by atoms with Gasteiger partial charge in [0.05, 0.1) is 25.3 Å². The monoisotopic (exact) mass is 456 g/mol. The van der Waals surface area contributed by atoms with Gasteiger partial charge in [-0.25, -0.2) is 0 Å². The van der Waals surface area contributed by atoms with Crippen LogP contribution in [0.5, 0.6) is 0 Å². The molecule has 1 unspecified atom stereocenters. The number of ether oxygens (including phenoxy) is 1.